The van der Waals surface area contributed by atoms with Crippen LogP contribution in [0.15, 0.2) is 26.1 Å². The number of aromatic nitrogens is 1. The molecule has 1 saturated heterocycles. The average molecular weight is 357 g/mol. The van der Waals surface area contributed by atoms with Crippen molar-refractivity contribution in [3.8, 4) is 0 Å². The number of piperidine rings is 1. The summed E-state index contributed by atoms with van der Waals surface area (Å²) in [6, 6.07) is 3.34. The first-order valence-electron chi connectivity index (χ1n) is 8.74. The minimum absolute atomic E-state index is 0.0739. The van der Waals surface area contributed by atoms with E-state index in [9.17, 15) is 14.4 Å². The zero-order valence-corrected chi connectivity index (χ0v) is 15.2. The highest BCUT2D eigenvalue weighted by molar-refractivity contribution is 6.04. The predicted octanol–water partition coefficient (Wildman–Crippen LogP) is 1.97. The zero-order valence-electron chi connectivity index (χ0n) is 15.2. The van der Waals surface area contributed by atoms with Crippen LogP contribution in [0.4, 0.5) is 5.69 Å². The second-order valence-electron chi connectivity index (χ2n) is 6.81. The van der Waals surface area contributed by atoms with Crippen LogP contribution < -0.4 is 21.8 Å². The average Bonchev–Trinajstić information content (AvgIpc) is 2.59. The largest absolute Gasteiger partial charge is 0.427 e. The number of aryl methyl sites for hydroxylation is 3. The number of aromatic amines is 1. The van der Waals surface area contributed by atoms with Gasteiger partial charge >= 0.3 is 5.63 Å². The molecule has 1 fully saturated rings. The van der Waals surface area contributed by atoms with Gasteiger partial charge in [0.05, 0.1) is 0 Å². The number of anilines is 1. The molecule has 0 radical (unpaired) electrons. The van der Waals surface area contributed by atoms with Gasteiger partial charge in [0.1, 0.15) is 17.0 Å². The number of carbonyl (C=O) groups excluding carboxylic acids is 1. The zero-order chi connectivity index (χ0) is 18.8. The van der Waals surface area contributed by atoms with Gasteiger partial charge in [-0.2, -0.15) is 0 Å². The van der Waals surface area contributed by atoms with Crippen molar-refractivity contribution in [2.24, 2.45) is 0 Å². The first-order chi connectivity index (χ1) is 12.4. The Morgan fingerprint density at radius 2 is 1.96 bits per heavy atom. The standard InChI is InChI=1S/C19H23N3O4/c1-10-7-14(17(23)21-12(10)3)22-18(24)16-11(2)8-15(26-19(16)25)13-5-4-6-20-9-13/h7-8,13,20H,4-6,9H2,1-3H3,(H,21,23)(H,22,24). The topological polar surface area (TPSA) is 104 Å². The molecule has 26 heavy (non-hydrogen) atoms. The number of rotatable bonds is 3. The molecule has 2 aromatic heterocycles. The molecule has 0 aliphatic carbocycles. The Bertz CT molecular complexity index is 952. The third-order valence-corrected chi connectivity index (χ3v) is 4.84. The van der Waals surface area contributed by atoms with E-state index in [0.29, 0.717) is 11.3 Å². The summed E-state index contributed by atoms with van der Waals surface area (Å²) in [4.78, 5) is 39.6. The van der Waals surface area contributed by atoms with E-state index in [2.05, 4.69) is 15.6 Å². The van der Waals surface area contributed by atoms with Gasteiger partial charge in [0.15, 0.2) is 0 Å². The van der Waals surface area contributed by atoms with E-state index in [1.807, 2.05) is 6.92 Å². The lowest BCUT2D eigenvalue weighted by Crippen LogP contribution is -2.30. The predicted molar refractivity (Wildman–Crippen MR) is 99.0 cm³/mol. The molecule has 0 bridgehead atoms. The quantitative estimate of drug-likeness (QED) is 0.779. The van der Waals surface area contributed by atoms with Gasteiger partial charge < -0.3 is 20.0 Å². The summed E-state index contributed by atoms with van der Waals surface area (Å²) < 4.78 is 5.42. The van der Waals surface area contributed by atoms with E-state index in [0.717, 1.165) is 37.2 Å². The molecule has 0 spiro atoms. The van der Waals surface area contributed by atoms with Crippen LogP contribution in [0.2, 0.25) is 0 Å². The van der Waals surface area contributed by atoms with E-state index in [1.165, 1.54) is 0 Å². The van der Waals surface area contributed by atoms with Crippen molar-refractivity contribution < 1.29 is 9.21 Å². The van der Waals surface area contributed by atoms with Crippen molar-refractivity contribution in [2.45, 2.75) is 39.5 Å². The van der Waals surface area contributed by atoms with Gasteiger partial charge in [-0.05, 0) is 63.4 Å². The Morgan fingerprint density at radius 3 is 2.62 bits per heavy atom. The van der Waals surface area contributed by atoms with Crippen LogP contribution in [0.5, 0.6) is 0 Å². The van der Waals surface area contributed by atoms with Crippen LogP contribution in [0.25, 0.3) is 0 Å². The lowest BCUT2D eigenvalue weighted by Gasteiger charge is -2.22. The third kappa shape index (κ3) is 3.62. The number of nitrogens with one attached hydrogen (secondary N) is 3. The molecule has 7 heteroatoms. The monoisotopic (exact) mass is 357 g/mol. The summed E-state index contributed by atoms with van der Waals surface area (Å²) in [5, 5.41) is 5.80. The number of H-pyrrole nitrogens is 1. The number of hydrogen-bond donors (Lipinski definition) is 3. The SMILES string of the molecule is Cc1cc(NC(=O)c2c(C)cc(C3CCCNC3)oc2=O)c(=O)[nH]c1C. The normalized spacial score (nSPS) is 17.1. The minimum Gasteiger partial charge on any atom is -0.427 e. The Balaban J connectivity index is 1.89. The molecule has 7 nitrogen and oxygen atoms in total. The first-order valence-corrected chi connectivity index (χ1v) is 8.74. The minimum atomic E-state index is -0.677. The molecule has 3 heterocycles. The maximum absolute atomic E-state index is 12.6. The molecule has 138 valence electrons. The smallest absolute Gasteiger partial charge is 0.349 e. The molecule has 1 atom stereocenters. The van der Waals surface area contributed by atoms with Crippen LogP contribution in [-0.4, -0.2) is 24.0 Å². The molecule has 0 saturated carbocycles. The molecule has 1 amide bonds. The fourth-order valence-corrected chi connectivity index (χ4v) is 3.21. The molecule has 1 aliphatic heterocycles. The Kier molecular flexibility index (Phi) is 5.08. The number of pyridine rings is 1. The van der Waals surface area contributed by atoms with E-state index in [4.69, 9.17) is 4.42 Å². The van der Waals surface area contributed by atoms with Crippen LogP contribution >= 0.6 is 0 Å². The number of hydrogen-bond acceptors (Lipinski definition) is 5. The molecule has 1 unspecified atom stereocenters. The summed E-state index contributed by atoms with van der Waals surface area (Å²) in [5.74, 6) is 0.0912. The molecule has 0 aromatic carbocycles. The number of carbonyl (C=O) groups is 1. The fourth-order valence-electron chi connectivity index (χ4n) is 3.21. The molecule has 2 aromatic rings. The van der Waals surface area contributed by atoms with Gasteiger partial charge in [0, 0.05) is 18.2 Å². The molecule has 3 N–H and O–H groups in total. The highest BCUT2D eigenvalue weighted by atomic mass is 16.4. The first kappa shape index (κ1) is 18.1. The highest BCUT2D eigenvalue weighted by Gasteiger charge is 2.23. The van der Waals surface area contributed by atoms with Gasteiger partial charge in [-0.15, -0.1) is 0 Å². The van der Waals surface area contributed by atoms with Crippen LogP contribution in [-0.2, 0) is 0 Å². The fraction of sp³-hybridized carbons (Fsp3) is 0.421. The van der Waals surface area contributed by atoms with Crippen molar-refractivity contribution in [1.29, 1.82) is 0 Å². The second-order valence-corrected chi connectivity index (χ2v) is 6.81. The van der Waals surface area contributed by atoms with Crippen molar-refractivity contribution in [3.63, 3.8) is 0 Å². The van der Waals surface area contributed by atoms with Gasteiger partial charge in [0.25, 0.3) is 11.5 Å². The van der Waals surface area contributed by atoms with E-state index in [1.54, 1.807) is 26.0 Å². The van der Waals surface area contributed by atoms with Crippen molar-refractivity contribution in [1.82, 2.24) is 10.3 Å². The van der Waals surface area contributed by atoms with Crippen LogP contribution in [0, 0.1) is 20.8 Å². The van der Waals surface area contributed by atoms with Gasteiger partial charge in [0.2, 0.25) is 0 Å². The van der Waals surface area contributed by atoms with E-state index >= 15 is 0 Å². The lowest BCUT2D eigenvalue weighted by molar-refractivity contribution is 0.102. The van der Waals surface area contributed by atoms with Crippen molar-refractivity contribution in [3.05, 3.63) is 61.1 Å². The summed E-state index contributed by atoms with van der Waals surface area (Å²) >= 11 is 0. The Morgan fingerprint density at radius 1 is 1.19 bits per heavy atom. The maximum Gasteiger partial charge on any atom is 0.349 e. The second kappa shape index (κ2) is 7.29. The summed E-state index contributed by atoms with van der Waals surface area (Å²) in [6.07, 6.45) is 1.96. The molecular weight excluding hydrogens is 334 g/mol. The molecular formula is C19H23N3O4. The lowest BCUT2D eigenvalue weighted by atomic mass is 9.95. The van der Waals surface area contributed by atoms with Gasteiger partial charge in [-0.1, -0.05) is 0 Å². The van der Waals surface area contributed by atoms with Gasteiger partial charge in [-0.3, -0.25) is 9.59 Å². The maximum atomic E-state index is 12.6. The third-order valence-electron chi connectivity index (χ3n) is 4.84. The van der Waals surface area contributed by atoms with Crippen LogP contribution in [0.1, 0.15) is 51.7 Å². The Labute approximate surface area is 150 Å². The summed E-state index contributed by atoms with van der Waals surface area (Å²) in [6.45, 7) is 7.03. The molecule has 3 rings (SSSR count). The molecule has 1 aliphatic rings. The Hall–Kier alpha value is -2.67. The van der Waals surface area contributed by atoms with Crippen LogP contribution in [0.3, 0.4) is 0 Å². The van der Waals surface area contributed by atoms with Crippen molar-refractivity contribution >= 4 is 11.6 Å². The summed E-state index contributed by atoms with van der Waals surface area (Å²) in [5.41, 5.74) is 1.06. The van der Waals surface area contributed by atoms with E-state index < -0.39 is 17.1 Å². The number of amides is 1. The van der Waals surface area contributed by atoms with E-state index in [-0.39, 0.29) is 17.2 Å². The van der Waals surface area contributed by atoms with Gasteiger partial charge in [-0.25, -0.2) is 4.79 Å². The van der Waals surface area contributed by atoms with Crippen molar-refractivity contribution in [2.75, 3.05) is 18.4 Å². The summed E-state index contributed by atoms with van der Waals surface area (Å²) in [7, 11) is 0. The highest BCUT2D eigenvalue weighted by Crippen LogP contribution is 2.23.